The predicted molar refractivity (Wildman–Crippen MR) is 122 cm³/mol. The van der Waals surface area contributed by atoms with Gasteiger partial charge < -0.3 is 28.4 Å². The topological polar surface area (TPSA) is 124 Å². The van der Waals surface area contributed by atoms with Crippen LogP contribution in [0.3, 0.4) is 0 Å². The van der Waals surface area contributed by atoms with Gasteiger partial charge in [0.1, 0.15) is 12.7 Å². The minimum Gasteiger partial charge on any atom is -0.456 e. The molecule has 0 saturated carbocycles. The molecule has 1 fully saturated rings. The van der Waals surface area contributed by atoms with Gasteiger partial charge in [-0.2, -0.15) is 52.7 Å². The van der Waals surface area contributed by atoms with Crippen molar-refractivity contribution in [3.05, 3.63) is 11.6 Å². The summed E-state index contributed by atoms with van der Waals surface area (Å²) in [6, 6.07) is 0. The Morgan fingerprint density at radius 2 is 1.11 bits per heavy atom. The molecule has 0 radical (unpaired) electrons. The van der Waals surface area contributed by atoms with Crippen LogP contribution >= 0.6 is 0 Å². The maximum atomic E-state index is 13.1. The highest BCUT2D eigenvalue weighted by Crippen LogP contribution is 2.34. The van der Waals surface area contributed by atoms with Crippen molar-refractivity contribution in [2.24, 2.45) is 5.92 Å². The van der Waals surface area contributed by atoms with E-state index in [9.17, 15) is 71.9 Å². The number of esters is 4. The van der Waals surface area contributed by atoms with Crippen LogP contribution in [0.2, 0.25) is 0 Å². The molecule has 1 saturated heterocycles. The summed E-state index contributed by atoms with van der Waals surface area (Å²) in [7, 11) is 0. The third-order valence-electron chi connectivity index (χ3n) is 5.73. The molecule has 6 atom stereocenters. The molecule has 0 aromatic carbocycles. The van der Waals surface area contributed by atoms with Gasteiger partial charge in [0, 0.05) is 0 Å². The summed E-state index contributed by atoms with van der Waals surface area (Å²) in [5.41, 5.74) is 0.950. The Hall–Kier alpha value is -3.30. The maximum Gasteiger partial charge on any atom is 0.490 e. The van der Waals surface area contributed by atoms with Crippen LogP contribution < -0.4 is 0 Å². The molecule has 266 valence electrons. The number of rotatable bonds is 12. The summed E-state index contributed by atoms with van der Waals surface area (Å²) in [6.07, 6.45) is -36.0. The molecule has 0 bridgehead atoms. The van der Waals surface area contributed by atoms with Gasteiger partial charge in [-0.1, -0.05) is 18.6 Å². The lowest BCUT2D eigenvalue weighted by Gasteiger charge is -2.44. The fourth-order valence-electron chi connectivity index (χ4n) is 3.55. The van der Waals surface area contributed by atoms with Crippen molar-refractivity contribution in [3.63, 3.8) is 0 Å². The normalized spacial score (nSPS) is 23.2. The molecule has 0 aromatic rings. The van der Waals surface area contributed by atoms with E-state index in [1.54, 1.807) is 20.8 Å². The van der Waals surface area contributed by atoms with E-state index in [0.29, 0.717) is 12.8 Å². The largest absolute Gasteiger partial charge is 0.490 e. The van der Waals surface area contributed by atoms with Crippen molar-refractivity contribution in [2.75, 3.05) is 13.2 Å². The number of alkyl halides is 12. The zero-order chi connectivity index (χ0) is 35.8. The smallest absolute Gasteiger partial charge is 0.456 e. The van der Waals surface area contributed by atoms with Gasteiger partial charge in [0.25, 0.3) is 0 Å². The van der Waals surface area contributed by atoms with Crippen molar-refractivity contribution in [2.45, 2.75) is 95.4 Å². The summed E-state index contributed by atoms with van der Waals surface area (Å²) in [5.74, 6) is -13.2. The van der Waals surface area contributed by atoms with Crippen LogP contribution in [0, 0.1) is 5.92 Å². The van der Waals surface area contributed by atoms with E-state index < -0.39 is 92.5 Å². The van der Waals surface area contributed by atoms with E-state index in [-0.39, 0.29) is 12.3 Å². The lowest BCUT2D eigenvalue weighted by atomic mass is 9.97. The highest BCUT2D eigenvalue weighted by molar-refractivity contribution is 5.78. The summed E-state index contributed by atoms with van der Waals surface area (Å²) in [5, 5.41) is 0. The van der Waals surface area contributed by atoms with Gasteiger partial charge >= 0.3 is 48.6 Å². The van der Waals surface area contributed by atoms with Gasteiger partial charge in [-0.25, -0.2) is 19.2 Å². The van der Waals surface area contributed by atoms with E-state index in [0.717, 1.165) is 5.57 Å². The van der Waals surface area contributed by atoms with Gasteiger partial charge in [0.05, 0.1) is 6.61 Å². The number of hydrogen-bond acceptors (Lipinski definition) is 10. The molecule has 0 amide bonds. The average Bonchev–Trinajstić information content (AvgIpc) is 2.87. The van der Waals surface area contributed by atoms with Gasteiger partial charge in [-0.3, -0.25) is 0 Å². The standard InChI is InChI=1S/C24H26F12O10/c1-10(2)5-4-6-11(3)7-8-41-16-15(46-20(40)24(34,35)36)14(45-19(39)23(31,32)33)13(44-18(38)22(28,29)30)12(43-16)9-42-17(37)21(25,26)27/h5,11-16H,4,6-9H2,1-3H3/t11-,12-,13-,14+,15-,16-/m0/s1. The predicted octanol–water partition coefficient (Wildman–Crippen LogP) is 5.03. The second-order valence-corrected chi connectivity index (χ2v) is 9.87. The fraction of sp³-hybridized carbons (Fsp3) is 0.750. The molecular formula is C24H26F12O10. The SMILES string of the molecule is CC(C)=CCC[C@H](C)CCO[C@H]1O[C@@H](COC(=O)C(F)(F)F)[C@H](OC(=O)C(F)(F)F)[C@@H](OC(=O)C(F)(F)F)[C@@H]1OC(=O)C(F)(F)F. The Kier molecular flexibility index (Phi) is 14.2. The number of ether oxygens (including phenoxy) is 6. The second kappa shape index (κ2) is 16.0. The lowest BCUT2D eigenvalue weighted by Crippen LogP contribution is -2.64. The number of allylic oxidation sites excluding steroid dienone is 2. The summed E-state index contributed by atoms with van der Waals surface area (Å²) in [6.45, 7) is 2.71. The van der Waals surface area contributed by atoms with Crippen LogP contribution in [0.25, 0.3) is 0 Å². The Labute approximate surface area is 251 Å². The van der Waals surface area contributed by atoms with Crippen molar-refractivity contribution < 1.29 is 100 Å². The first-order valence-electron chi connectivity index (χ1n) is 12.7. The molecule has 1 rings (SSSR count). The highest BCUT2D eigenvalue weighted by atomic mass is 19.4. The van der Waals surface area contributed by atoms with Crippen LogP contribution in [-0.2, 0) is 47.6 Å². The molecule has 0 unspecified atom stereocenters. The number of halogens is 12. The van der Waals surface area contributed by atoms with E-state index >= 15 is 0 Å². The van der Waals surface area contributed by atoms with Crippen LogP contribution in [0.15, 0.2) is 11.6 Å². The molecule has 1 heterocycles. The number of hydrogen-bond donors (Lipinski definition) is 0. The third-order valence-corrected chi connectivity index (χ3v) is 5.73. The fourth-order valence-corrected chi connectivity index (χ4v) is 3.55. The molecule has 1 aliphatic rings. The van der Waals surface area contributed by atoms with Crippen molar-refractivity contribution in [3.8, 4) is 0 Å². The number of carbonyl (C=O) groups excluding carboxylic acids is 4. The van der Waals surface area contributed by atoms with Crippen LogP contribution in [0.5, 0.6) is 0 Å². The lowest BCUT2D eigenvalue weighted by molar-refractivity contribution is -0.322. The van der Waals surface area contributed by atoms with Crippen molar-refractivity contribution in [1.29, 1.82) is 0 Å². The Bertz CT molecular complexity index is 1090. The highest BCUT2D eigenvalue weighted by Gasteiger charge is 2.59. The van der Waals surface area contributed by atoms with E-state index in [1.165, 1.54) is 0 Å². The molecule has 0 aliphatic carbocycles. The maximum absolute atomic E-state index is 13.1. The third kappa shape index (κ3) is 13.2. The van der Waals surface area contributed by atoms with E-state index in [1.807, 2.05) is 6.08 Å². The van der Waals surface area contributed by atoms with Crippen molar-refractivity contribution in [1.82, 2.24) is 0 Å². The molecule has 22 heteroatoms. The van der Waals surface area contributed by atoms with Gasteiger partial charge in [-0.05, 0) is 39.0 Å². The van der Waals surface area contributed by atoms with Crippen molar-refractivity contribution >= 4 is 23.9 Å². The summed E-state index contributed by atoms with van der Waals surface area (Å²) < 4.78 is 181. The minimum atomic E-state index is -6.04. The van der Waals surface area contributed by atoms with Crippen LogP contribution in [0.4, 0.5) is 52.7 Å². The minimum absolute atomic E-state index is 0.0103. The first-order chi connectivity index (χ1) is 20.7. The summed E-state index contributed by atoms with van der Waals surface area (Å²) in [4.78, 5) is 46.1. The Morgan fingerprint density at radius 3 is 1.54 bits per heavy atom. The van der Waals surface area contributed by atoms with Crippen LogP contribution in [0.1, 0.15) is 40.0 Å². The second-order valence-electron chi connectivity index (χ2n) is 9.87. The van der Waals surface area contributed by atoms with Gasteiger partial charge in [0.2, 0.25) is 0 Å². The molecule has 0 N–H and O–H groups in total. The van der Waals surface area contributed by atoms with E-state index in [4.69, 9.17) is 9.47 Å². The molecular weight excluding hydrogens is 676 g/mol. The zero-order valence-electron chi connectivity index (χ0n) is 23.7. The molecule has 1 aliphatic heterocycles. The quantitative estimate of drug-likeness (QED) is 0.119. The Morgan fingerprint density at radius 1 is 0.674 bits per heavy atom. The van der Waals surface area contributed by atoms with Gasteiger partial charge in [0.15, 0.2) is 24.6 Å². The molecule has 10 nitrogen and oxygen atoms in total. The average molecular weight is 702 g/mol. The van der Waals surface area contributed by atoms with E-state index in [2.05, 4.69) is 18.9 Å². The van der Waals surface area contributed by atoms with Gasteiger partial charge in [-0.15, -0.1) is 0 Å². The summed E-state index contributed by atoms with van der Waals surface area (Å²) >= 11 is 0. The molecule has 0 aromatic heterocycles. The first-order valence-corrected chi connectivity index (χ1v) is 12.7. The van der Waals surface area contributed by atoms with Crippen LogP contribution in [-0.4, -0.2) is 92.5 Å². The molecule has 0 spiro atoms. The zero-order valence-corrected chi connectivity index (χ0v) is 23.7. The Balaban J connectivity index is 3.62. The first kappa shape index (κ1) is 40.7. The molecule has 46 heavy (non-hydrogen) atoms. The number of carbonyl (C=O) groups is 4. The monoisotopic (exact) mass is 702 g/mol.